The zero-order chi connectivity index (χ0) is 19.9. The van der Waals surface area contributed by atoms with Crippen LogP contribution < -0.4 is 0 Å². The summed E-state index contributed by atoms with van der Waals surface area (Å²) in [7, 11) is -1.70. The van der Waals surface area contributed by atoms with Crippen molar-refractivity contribution in [2.45, 2.75) is 90.1 Å². The van der Waals surface area contributed by atoms with Gasteiger partial charge in [0.25, 0.3) is 0 Å². The molecular weight excluding hydrogens is 340 g/mol. The molecule has 0 amide bonds. The third kappa shape index (κ3) is 5.26. The molecule has 1 rings (SSSR count). The molecule has 1 fully saturated rings. The molecule has 26 heavy (non-hydrogen) atoms. The smallest absolute Gasteiger partial charge is 0.312 e. The molecule has 0 radical (unpaired) electrons. The van der Waals surface area contributed by atoms with E-state index in [1.807, 2.05) is 12.2 Å². The van der Waals surface area contributed by atoms with Crippen LogP contribution in [0.3, 0.4) is 0 Å². The first kappa shape index (κ1) is 22.5. The molecule has 3 nitrogen and oxygen atoms in total. The number of aliphatic hydroxyl groups is 1. The maximum Gasteiger partial charge on any atom is 0.312 e. The van der Waals surface area contributed by atoms with E-state index in [2.05, 4.69) is 64.8 Å². The maximum absolute atomic E-state index is 11.6. The third-order valence-corrected chi connectivity index (χ3v) is 11.9. The van der Waals surface area contributed by atoms with Crippen LogP contribution in [0.25, 0.3) is 0 Å². The molecule has 0 aromatic rings. The normalized spacial score (nSPS) is 23.2. The van der Waals surface area contributed by atoms with E-state index in [1.165, 1.54) is 0 Å². The average Bonchev–Trinajstić information content (AvgIpc) is 2.78. The molecule has 0 aliphatic carbocycles. The number of hydrogen-bond donors (Lipinski definition) is 1. The van der Waals surface area contributed by atoms with E-state index in [1.54, 1.807) is 6.92 Å². The summed E-state index contributed by atoms with van der Waals surface area (Å²) >= 11 is 0. The van der Waals surface area contributed by atoms with E-state index in [4.69, 9.17) is 4.74 Å². The van der Waals surface area contributed by atoms with Crippen molar-refractivity contribution < 1.29 is 14.6 Å². The van der Waals surface area contributed by atoms with Gasteiger partial charge in [0.2, 0.25) is 0 Å². The van der Waals surface area contributed by atoms with Gasteiger partial charge in [-0.2, -0.15) is 0 Å². The fraction of sp³-hybridized carbons (Fsp3) is 0.682. The van der Waals surface area contributed by atoms with Crippen molar-refractivity contribution in [3.05, 3.63) is 12.2 Å². The first-order valence-electron chi connectivity index (χ1n) is 9.68. The molecule has 0 spiro atoms. The number of ether oxygens (including phenoxy) is 1. The van der Waals surface area contributed by atoms with Crippen LogP contribution >= 0.6 is 0 Å². The molecular formula is C22H34O3Si. The van der Waals surface area contributed by atoms with Crippen LogP contribution in [0.1, 0.15) is 61.3 Å². The Bertz CT molecular complexity index is 603. The zero-order valence-corrected chi connectivity index (χ0v) is 18.3. The van der Waals surface area contributed by atoms with Crippen LogP contribution in [0.5, 0.6) is 0 Å². The number of allylic oxidation sites excluding steroid dienone is 2. The van der Waals surface area contributed by atoms with Gasteiger partial charge >= 0.3 is 5.97 Å². The van der Waals surface area contributed by atoms with Crippen LogP contribution in [-0.4, -0.2) is 31.4 Å². The number of esters is 1. The van der Waals surface area contributed by atoms with Crippen LogP contribution in [0.4, 0.5) is 0 Å². The molecule has 0 bridgehead atoms. The lowest BCUT2D eigenvalue weighted by molar-refractivity contribution is -0.143. The van der Waals surface area contributed by atoms with E-state index >= 15 is 0 Å². The van der Waals surface area contributed by atoms with Crippen LogP contribution in [-0.2, 0) is 9.53 Å². The van der Waals surface area contributed by atoms with Gasteiger partial charge < -0.3 is 9.84 Å². The van der Waals surface area contributed by atoms with E-state index in [0.29, 0.717) is 29.5 Å². The van der Waals surface area contributed by atoms with Gasteiger partial charge in [0.1, 0.15) is 20.3 Å². The first-order valence-corrected chi connectivity index (χ1v) is 11.9. The van der Waals surface area contributed by atoms with Gasteiger partial charge in [0, 0.05) is 6.42 Å². The summed E-state index contributed by atoms with van der Waals surface area (Å²) in [6, 6.07) is 0. The SMILES string of the molecule is CC(C)[Si](C#CC#CC/C=C\CC1C(=O)O[C@@H](C)C1O)(C(C)C)C(C)C. The highest BCUT2D eigenvalue weighted by atomic mass is 28.3. The van der Waals surface area contributed by atoms with Crippen molar-refractivity contribution in [1.82, 2.24) is 0 Å². The Balaban J connectivity index is 2.62. The molecule has 0 aromatic heterocycles. The topological polar surface area (TPSA) is 46.5 Å². The highest BCUT2D eigenvalue weighted by Crippen LogP contribution is 2.40. The lowest BCUT2D eigenvalue weighted by Gasteiger charge is -2.37. The second-order valence-corrected chi connectivity index (χ2v) is 13.7. The summed E-state index contributed by atoms with van der Waals surface area (Å²) in [5.74, 6) is 8.41. The van der Waals surface area contributed by atoms with Crippen LogP contribution in [0.2, 0.25) is 16.6 Å². The molecule has 1 aliphatic rings. The number of aliphatic hydroxyl groups excluding tert-OH is 1. The van der Waals surface area contributed by atoms with Gasteiger partial charge in [-0.15, -0.1) is 5.54 Å². The molecule has 2 unspecified atom stereocenters. The summed E-state index contributed by atoms with van der Waals surface area (Å²) in [5.41, 5.74) is 5.40. The molecule has 1 saturated heterocycles. The fourth-order valence-electron chi connectivity index (χ4n) is 4.10. The quantitative estimate of drug-likeness (QED) is 0.323. The Morgan fingerprint density at radius 2 is 1.65 bits per heavy atom. The van der Waals surface area contributed by atoms with Gasteiger partial charge in [0.05, 0.1) is 5.92 Å². The molecule has 3 atom stereocenters. The minimum Gasteiger partial charge on any atom is -0.460 e. The third-order valence-electron chi connectivity index (χ3n) is 5.57. The predicted octanol–water partition coefficient (Wildman–Crippen LogP) is 4.47. The Morgan fingerprint density at radius 1 is 1.08 bits per heavy atom. The summed E-state index contributed by atoms with van der Waals surface area (Å²) in [5, 5.41) is 9.89. The van der Waals surface area contributed by atoms with E-state index in [9.17, 15) is 9.90 Å². The minimum atomic E-state index is -1.70. The van der Waals surface area contributed by atoms with Gasteiger partial charge in [0.15, 0.2) is 0 Å². The average molecular weight is 375 g/mol. The van der Waals surface area contributed by atoms with Crippen LogP contribution in [0.15, 0.2) is 12.2 Å². The summed E-state index contributed by atoms with van der Waals surface area (Å²) in [6.45, 7) is 15.5. The molecule has 1 heterocycles. The lowest BCUT2D eigenvalue weighted by Crippen LogP contribution is -2.43. The molecule has 1 aliphatic heterocycles. The van der Waals surface area contributed by atoms with E-state index < -0.39 is 26.2 Å². The van der Waals surface area contributed by atoms with Crippen molar-refractivity contribution in [3.8, 4) is 23.3 Å². The second kappa shape index (κ2) is 10.0. The Labute approximate surface area is 160 Å². The zero-order valence-electron chi connectivity index (χ0n) is 17.3. The summed E-state index contributed by atoms with van der Waals surface area (Å²) in [4.78, 5) is 11.6. The molecule has 0 saturated carbocycles. The van der Waals surface area contributed by atoms with Crippen molar-refractivity contribution in [2.24, 2.45) is 5.92 Å². The molecule has 144 valence electrons. The molecule has 4 heteroatoms. The van der Waals surface area contributed by atoms with Crippen molar-refractivity contribution in [3.63, 3.8) is 0 Å². The Morgan fingerprint density at radius 3 is 2.12 bits per heavy atom. The highest BCUT2D eigenvalue weighted by molar-refractivity contribution is 6.90. The summed E-state index contributed by atoms with van der Waals surface area (Å²) < 4.78 is 5.02. The first-order chi connectivity index (χ1) is 12.1. The largest absolute Gasteiger partial charge is 0.460 e. The fourth-order valence-corrected chi connectivity index (χ4v) is 9.24. The van der Waals surface area contributed by atoms with Gasteiger partial charge in [-0.3, -0.25) is 4.79 Å². The van der Waals surface area contributed by atoms with Gasteiger partial charge in [-0.25, -0.2) is 0 Å². The second-order valence-electron chi connectivity index (χ2n) is 8.10. The standard InChI is InChI=1S/C22H34O3Si/c1-16(2)26(17(3)4,18(5)6)15-13-11-9-8-10-12-14-20-21(23)19(7)25-22(20)24/h10,12,16-21,23H,8,14H2,1-7H3/b12-10-/t19-,20?,21?/m0/s1. The number of hydrogen-bond acceptors (Lipinski definition) is 3. The van der Waals surface area contributed by atoms with Crippen molar-refractivity contribution in [2.75, 3.05) is 0 Å². The van der Waals surface area contributed by atoms with Gasteiger partial charge in [-0.1, -0.05) is 59.6 Å². The van der Waals surface area contributed by atoms with E-state index in [0.717, 1.165) is 0 Å². The minimum absolute atomic E-state index is 0.316. The maximum atomic E-state index is 11.6. The lowest BCUT2D eigenvalue weighted by atomic mass is 9.98. The van der Waals surface area contributed by atoms with Crippen LogP contribution in [0, 0.1) is 29.2 Å². The molecule has 0 aromatic carbocycles. The number of carbonyl (C=O) groups is 1. The predicted molar refractivity (Wildman–Crippen MR) is 110 cm³/mol. The van der Waals surface area contributed by atoms with Gasteiger partial charge in [-0.05, 0) is 41.8 Å². The molecule has 1 N–H and O–H groups in total. The highest BCUT2D eigenvalue weighted by Gasteiger charge is 2.42. The van der Waals surface area contributed by atoms with E-state index in [-0.39, 0.29) is 5.97 Å². The summed E-state index contributed by atoms with van der Waals surface area (Å²) in [6.07, 6.45) is 3.78. The number of cyclic esters (lactones) is 1. The van der Waals surface area contributed by atoms with Crippen molar-refractivity contribution >= 4 is 14.0 Å². The van der Waals surface area contributed by atoms with Crippen molar-refractivity contribution in [1.29, 1.82) is 0 Å². The number of carbonyl (C=O) groups excluding carboxylic acids is 1. The number of rotatable bonds is 6. The monoisotopic (exact) mass is 374 g/mol. The Kier molecular flexibility index (Phi) is 8.67. The Hall–Kier alpha value is -1.49.